The van der Waals surface area contributed by atoms with E-state index in [4.69, 9.17) is 0 Å². The van der Waals surface area contributed by atoms with Crippen LogP contribution >= 0.6 is 0 Å². The number of hydrogen-bond donors (Lipinski definition) is 1. The number of alkyl halides is 3. The zero-order valence-corrected chi connectivity index (χ0v) is 15.1. The molecule has 3 rings (SSSR count). The summed E-state index contributed by atoms with van der Waals surface area (Å²) in [5, 5.41) is 2.66. The molecule has 1 atom stereocenters. The summed E-state index contributed by atoms with van der Waals surface area (Å²) in [4.78, 5) is 20.7. The highest BCUT2D eigenvalue weighted by Crippen LogP contribution is 2.30. The lowest BCUT2D eigenvalue weighted by Gasteiger charge is -2.14. The molecule has 1 N–H and O–H groups in total. The van der Waals surface area contributed by atoms with Gasteiger partial charge in [-0.25, -0.2) is 0 Å². The number of carbonyl (C=O) groups is 1. The Morgan fingerprint density at radius 2 is 1.89 bits per heavy atom. The Hall–Kier alpha value is -3.22. The van der Waals surface area contributed by atoms with Crippen molar-refractivity contribution in [3.8, 4) is 0 Å². The third-order valence-corrected chi connectivity index (χ3v) is 4.30. The molecule has 28 heavy (non-hydrogen) atoms. The van der Waals surface area contributed by atoms with Gasteiger partial charge in [0.15, 0.2) is 0 Å². The van der Waals surface area contributed by atoms with E-state index in [-0.39, 0.29) is 11.5 Å². The lowest BCUT2D eigenvalue weighted by Crippen LogP contribution is -2.14. The lowest BCUT2D eigenvalue weighted by molar-refractivity contribution is -0.137. The van der Waals surface area contributed by atoms with Crippen molar-refractivity contribution in [2.24, 2.45) is 0 Å². The first-order chi connectivity index (χ1) is 13.3. The van der Waals surface area contributed by atoms with Crippen LogP contribution in [0, 0.1) is 0 Å². The van der Waals surface area contributed by atoms with Gasteiger partial charge < -0.3 is 5.32 Å². The van der Waals surface area contributed by atoms with Crippen LogP contribution in [0.25, 0.3) is 0 Å². The van der Waals surface area contributed by atoms with Gasteiger partial charge in [-0.2, -0.15) is 13.2 Å². The fraction of sp³-hybridized carbons (Fsp3) is 0.190. The van der Waals surface area contributed by atoms with E-state index >= 15 is 0 Å². The Labute approximate surface area is 160 Å². The van der Waals surface area contributed by atoms with E-state index in [1.165, 1.54) is 12.1 Å². The first kappa shape index (κ1) is 19.5. The molecule has 7 heteroatoms. The number of benzene rings is 2. The van der Waals surface area contributed by atoms with E-state index < -0.39 is 17.6 Å². The molecule has 0 aliphatic carbocycles. The van der Waals surface area contributed by atoms with E-state index in [0.29, 0.717) is 12.1 Å². The van der Waals surface area contributed by atoms with E-state index in [1.807, 2.05) is 19.1 Å². The van der Waals surface area contributed by atoms with Crippen molar-refractivity contribution >= 4 is 11.6 Å². The number of halogens is 3. The van der Waals surface area contributed by atoms with Crippen LogP contribution in [0.15, 0.2) is 67.1 Å². The molecule has 1 heterocycles. The summed E-state index contributed by atoms with van der Waals surface area (Å²) >= 11 is 0. The molecule has 0 saturated heterocycles. The maximum atomic E-state index is 12.8. The van der Waals surface area contributed by atoms with Gasteiger partial charge in [0.25, 0.3) is 5.91 Å². The lowest BCUT2D eigenvalue weighted by atomic mass is 9.96. The van der Waals surface area contributed by atoms with Crippen molar-refractivity contribution in [2.45, 2.75) is 25.4 Å². The summed E-state index contributed by atoms with van der Waals surface area (Å²) in [6.07, 6.45) is 1.13. The molecule has 1 amide bonds. The molecule has 3 aromatic rings. The van der Waals surface area contributed by atoms with Gasteiger partial charge in [-0.05, 0) is 48.2 Å². The van der Waals surface area contributed by atoms with Crippen LogP contribution in [0.1, 0.15) is 40.0 Å². The minimum Gasteiger partial charge on any atom is -0.322 e. The zero-order valence-electron chi connectivity index (χ0n) is 15.1. The Balaban J connectivity index is 1.73. The summed E-state index contributed by atoms with van der Waals surface area (Å²) in [6.45, 7) is 2.03. The SMILES string of the molecule is C[C@H](Cc1cnccn1)c1cccc(NC(=O)c2cccc(C(F)(F)F)c2)c1. The van der Waals surface area contributed by atoms with Crippen LogP contribution in [0.5, 0.6) is 0 Å². The van der Waals surface area contributed by atoms with Crippen molar-refractivity contribution in [1.29, 1.82) is 0 Å². The number of aromatic nitrogens is 2. The van der Waals surface area contributed by atoms with Gasteiger partial charge in [-0.1, -0.05) is 25.1 Å². The van der Waals surface area contributed by atoms with Gasteiger partial charge in [-0.15, -0.1) is 0 Å². The minimum absolute atomic E-state index is 0.0483. The van der Waals surface area contributed by atoms with E-state index in [0.717, 1.165) is 23.4 Å². The second kappa shape index (κ2) is 8.21. The number of anilines is 1. The quantitative estimate of drug-likeness (QED) is 0.665. The predicted octanol–water partition coefficient (Wildman–Crippen LogP) is 5.09. The van der Waals surface area contributed by atoms with Gasteiger partial charge in [0.1, 0.15) is 0 Å². The number of carbonyl (C=O) groups excluding carboxylic acids is 1. The third-order valence-electron chi connectivity index (χ3n) is 4.30. The Kier molecular flexibility index (Phi) is 5.73. The van der Waals surface area contributed by atoms with Gasteiger partial charge in [0, 0.05) is 29.8 Å². The summed E-state index contributed by atoms with van der Waals surface area (Å²) in [7, 11) is 0. The zero-order chi connectivity index (χ0) is 20.1. The number of nitrogens with one attached hydrogen (secondary N) is 1. The van der Waals surface area contributed by atoms with Crippen LogP contribution < -0.4 is 5.32 Å². The Morgan fingerprint density at radius 3 is 2.61 bits per heavy atom. The van der Waals surface area contributed by atoms with Crippen LogP contribution in [0.2, 0.25) is 0 Å². The molecule has 0 fully saturated rings. The van der Waals surface area contributed by atoms with E-state index in [1.54, 1.807) is 30.7 Å². The average molecular weight is 385 g/mol. The smallest absolute Gasteiger partial charge is 0.322 e. The van der Waals surface area contributed by atoms with Crippen molar-refractivity contribution < 1.29 is 18.0 Å². The summed E-state index contributed by atoms with van der Waals surface area (Å²) < 4.78 is 38.5. The summed E-state index contributed by atoms with van der Waals surface area (Å²) in [5.41, 5.74) is 1.45. The third kappa shape index (κ3) is 4.94. The molecule has 2 aromatic carbocycles. The van der Waals surface area contributed by atoms with Crippen LogP contribution in [-0.4, -0.2) is 15.9 Å². The highest BCUT2D eigenvalue weighted by Gasteiger charge is 2.30. The van der Waals surface area contributed by atoms with Crippen molar-refractivity contribution in [3.05, 3.63) is 89.5 Å². The first-order valence-electron chi connectivity index (χ1n) is 8.66. The van der Waals surface area contributed by atoms with Gasteiger partial charge >= 0.3 is 6.18 Å². The standard InChI is InChI=1S/C21H18F3N3O/c1-14(10-19-13-25-8-9-26-19)15-4-3-7-18(12-15)27-20(28)16-5-2-6-17(11-16)21(22,23)24/h2-9,11-14H,10H2,1H3,(H,27,28)/t14-/m1/s1. The molecule has 0 unspecified atom stereocenters. The van der Waals surface area contributed by atoms with Gasteiger partial charge in [0.05, 0.1) is 11.3 Å². The largest absolute Gasteiger partial charge is 0.416 e. The average Bonchev–Trinajstić information content (AvgIpc) is 2.68. The molecular formula is C21H18F3N3O. The first-order valence-corrected chi connectivity index (χ1v) is 8.66. The minimum atomic E-state index is -4.49. The normalized spacial score (nSPS) is 12.4. The van der Waals surface area contributed by atoms with Crippen molar-refractivity contribution in [1.82, 2.24) is 9.97 Å². The van der Waals surface area contributed by atoms with Crippen LogP contribution in [0.3, 0.4) is 0 Å². The molecule has 4 nitrogen and oxygen atoms in total. The number of hydrogen-bond acceptors (Lipinski definition) is 3. The van der Waals surface area contributed by atoms with Crippen LogP contribution in [-0.2, 0) is 12.6 Å². The highest BCUT2D eigenvalue weighted by molar-refractivity contribution is 6.04. The number of rotatable bonds is 5. The Bertz CT molecular complexity index is 958. The van der Waals surface area contributed by atoms with E-state index in [2.05, 4.69) is 15.3 Å². The summed E-state index contributed by atoms with van der Waals surface area (Å²) in [6, 6.07) is 11.6. The Morgan fingerprint density at radius 1 is 1.11 bits per heavy atom. The van der Waals surface area contributed by atoms with Crippen LogP contribution in [0.4, 0.5) is 18.9 Å². The van der Waals surface area contributed by atoms with Gasteiger partial charge in [-0.3, -0.25) is 14.8 Å². The molecule has 0 bridgehead atoms. The highest BCUT2D eigenvalue weighted by atomic mass is 19.4. The van der Waals surface area contributed by atoms with Gasteiger partial charge in [0.2, 0.25) is 0 Å². The topological polar surface area (TPSA) is 54.9 Å². The van der Waals surface area contributed by atoms with Crippen molar-refractivity contribution in [3.63, 3.8) is 0 Å². The van der Waals surface area contributed by atoms with E-state index in [9.17, 15) is 18.0 Å². The predicted molar refractivity (Wildman–Crippen MR) is 100.0 cm³/mol. The molecule has 144 valence electrons. The second-order valence-corrected chi connectivity index (χ2v) is 6.46. The molecule has 0 aliphatic rings. The fourth-order valence-electron chi connectivity index (χ4n) is 2.83. The molecule has 0 aliphatic heterocycles. The molecule has 0 spiro atoms. The molecule has 0 saturated carbocycles. The fourth-order valence-corrected chi connectivity index (χ4v) is 2.83. The maximum Gasteiger partial charge on any atom is 0.416 e. The molecular weight excluding hydrogens is 367 g/mol. The number of nitrogens with zero attached hydrogens (tertiary/aromatic N) is 2. The molecule has 1 aromatic heterocycles. The van der Waals surface area contributed by atoms with Crippen molar-refractivity contribution in [2.75, 3.05) is 5.32 Å². The second-order valence-electron chi connectivity index (χ2n) is 6.46. The summed E-state index contributed by atoms with van der Waals surface area (Å²) in [5.74, 6) is -0.466. The molecule has 0 radical (unpaired) electrons. The number of amides is 1. The monoisotopic (exact) mass is 385 g/mol. The maximum absolute atomic E-state index is 12.8.